The lowest BCUT2D eigenvalue weighted by atomic mass is 10.4. The molecule has 0 saturated carbocycles. The van der Waals surface area contributed by atoms with Crippen LogP contribution in [0.2, 0.25) is 0 Å². The summed E-state index contributed by atoms with van der Waals surface area (Å²) in [6, 6.07) is 3.12. The minimum atomic E-state index is -3.63. The normalized spacial score (nSPS) is 11.7. The van der Waals surface area contributed by atoms with E-state index in [-0.39, 0.29) is 18.0 Å². The van der Waals surface area contributed by atoms with Crippen molar-refractivity contribution in [3.8, 4) is 0 Å². The summed E-state index contributed by atoms with van der Waals surface area (Å²) in [5.41, 5.74) is 0.594. The van der Waals surface area contributed by atoms with Crippen LogP contribution < -0.4 is 4.72 Å². The molecule has 0 spiro atoms. The number of aryl methyl sites for hydroxylation is 1. The minimum Gasteiger partial charge on any atom is -0.391 e. The average molecular weight is 299 g/mol. The van der Waals surface area contributed by atoms with Gasteiger partial charge in [-0.15, -0.1) is 11.3 Å². The molecule has 0 aliphatic rings. The largest absolute Gasteiger partial charge is 0.391 e. The molecule has 0 fully saturated rings. The highest BCUT2D eigenvalue weighted by Crippen LogP contribution is 2.21. The summed E-state index contributed by atoms with van der Waals surface area (Å²) in [5.74, 6) is 0.586. The molecule has 19 heavy (non-hydrogen) atoms. The first kappa shape index (κ1) is 14.1. The summed E-state index contributed by atoms with van der Waals surface area (Å²) in [7, 11) is -3.63. The van der Waals surface area contributed by atoms with E-state index in [0.717, 1.165) is 0 Å². The van der Waals surface area contributed by atoms with Crippen molar-refractivity contribution >= 4 is 21.4 Å². The van der Waals surface area contributed by atoms with E-state index in [1.807, 2.05) is 0 Å². The monoisotopic (exact) mass is 299 g/mol. The highest BCUT2D eigenvalue weighted by Gasteiger charge is 2.19. The zero-order chi connectivity index (χ0) is 13.9. The Morgan fingerprint density at radius 1 is 1.42 bits per heavy atom. The van der Waals surface area contributed by atoms with Gasteiger partial charge in [-0.25, -0.2) is 23.1 Å². The van der Waals surface area contributed by atoms with Gasteiger partial charge in [-0.1, -0.05) is 0 Å². The number of thiophene rings is 1. The number of hydrogen-bond acceptors (Lipinski definition) is 6. The Hall–Kier alpha value is -1.35. The molecular formula is C11H13N3O3S2. The zero-order valence-corrected chi connectivity index (χ0v) is 11.8. The number of sulfonamides is 1. The first-order chi connectivity index (χ1) is 9.03. The lowest BCUT2D eigenvalue weighted by Gasteiger charge is -2.06. The number of hydrogen-bond donors (Lipinski definition) is 2. The average Bonchev–Trinajstić information content (AvgIpc) is 2.86. The van der Waals surface area contributed by atoms with Crippen LogP contribution in [0.4, 0.5) is 0 Å². The first-order valence-corrected chi connectivity index (χ1v) is 7.84. The van der Waals surface area contributed by atoms with E-state index < -0.39 is 10.0 Å². The third-order valence-corrected chi connectivity index (χ3v) is 4.94. The summed E-state index contributed by atoms with van der Waals surface area (Å²) in [6.45, 7) is 1.54. The van der Waals surface area contributed by atoms with E-state index in [1.165, 1.54) is 17.4 Å². The third kappa shape index (κ3) is 3.35. The number of nitrogens with zero attached hydrogens (tertiary/aromatic N) is 2. The van der Waals surface area contributed by atoms with Crippen LogP contribution in [-0.2, 0) is 23.2 Å². The molecule has 2 N–H and O–H groups in total. The molecule has 0 unspecified atom stereocenters. The van der Waals surface area contributed by atoms with Crippen LogP contribution in [0.15, 0.2) is 28.6 Å². The SMILES string of the molecule is Cc1nccc(CNS(=O)(=O)c2ccsc2CO)n1. The summed E-state index contributed by atoms with van der Waals surface area (Å²) in [6.07, 6.45) is 1.58. The first-order valence-electron chi connectivity index (χ1n) is 5.48. The van der Waals surface area contributed by atoms with E-state index in [2.05, 4.69) is 14.7 Å². The van der Waals surface area contributed by atoms with Gasteiger partial charge in [0.05, 0.1) is 23.7 Å². The van der Waals surface area contributed by atoms with Crippen molar-refractivity contribution in [1.82, 2.24) is 14.7 Å². The predicted molar refractivity (Wildman–Crippen MR) is 71.0 cm³/mol. The van der Waals surface area contributed by atoms with Gasteiger partial charge in [-0.3, -0.25) is 0 Å². The van der Waals surface area contributed by atoms with Crippen molar-refractivity contribution in [2.24, 2.45) is 0 Å². The standard InChI is InChI=1S/C11H13N3O3S2/c1-8-12-4-2-9(14-8)6-13-19(16,17)11-3-5-18-10(11)7-15/h2-5,13,15H,6-7H2,1H3. The van der Waals surface area contributed by atoms with Crippen molar-refractivity contribution in [3.05, 3.63) is 40.1 Å². The molecule has 6 nitrogen and oxygen atoms in total. The molecule has 2 rings (SSSR count). The molecule has 2 heterocycles. The Morgan fingerprint density at radius 3 is 2.89 bits per heavy atom. The maximum absolute atomic E-state index is 12.1. The third-order valence-electron chi connectivity index (χ3n) is 2.41. The van der Waals surface area contributed by atoms with Gasteiger partial charge in [0, 0.05) is 11.1 Å². The van der Waals surface area contributed by atoms with Crippen LogP contribution in [0.5, 0.6) is 0 Å². The van der Waals surface area contributed by atoms with Crippen molar-refractivity contribution < 1.29 is 13.5 Å². The number of nitrogens with one attached hydrogen (secondary N) is 1. The van der Waals surface area contributed by atoms with Gasteiger partial charge >= 0.3 is 0 Å². The molecular weight excluding hydrogens is 286 g/mol. The van der Waals surface area contributed by atoms with Crippen LogP contribution in [0, 0.1) is 6.92 Å². The number of aliphatic hydroxyl groups is 1. The van der Waals surface area contributed by atoms with Crippen molar-refractivity contribution in [2.45, 2.75) is 25.0 Å². The summed E-state index contributed by atoms with van der Waals surface area (Å²) >= 11 is 1.21. The molecule has 0 radical (unpaired) electrons. The number of rotatable bonds is 5. The van der Waals surface area contributed by atoms with E-state index >= 15 is 0 Å². The van der Waals surface area contributed by atoms with Crippen molar-refractivity contribution in [1.29, 1.82) is 0 Å². The Kier molecular flexibility index (Phi) is 4.25. The molecule has 0 aliphatic heterocycles. The molecule has 0 bridgehead atoms. The Balaban J connectivity index is 2.14. The highest BCUT2D eigenvalue weighted by atomic mass is 32.2. The number of aromatic nitrogens is 2. The molecule has 102 valence electrons. The van der Waals surface area contributed by atoms with Crippen LogP contribution in [0.1, 0.15) is 16.4 Å². The van der Waals surface area contributed by atoms with Gasteiger partial charge in [-0.05, 0) is 24.4 Å². The van der Waals surface area contributed by atoms with Crippen LogP contribution in [-0.4, -0.2) is 23.5 Å². The quantitative estimate of drug-likeness (QED) is 0.852. The summed E-state index contributed by atoms with van der Waals surface area (Å²) in [5, 5.41) is 10.7. The molecule has 0 aromatic carbocycles. The number of aliphatic hydroxyl groups excluding tert-OH is 1. The fourth-order valence-corrected chi connectivity index (χ4v) is 3.83. The van der Waals surface area contributed by atoms with E-state index in [4.69, 9.17) is 5.11 Å². The second-order valence-electron chi connectivity index (χ2n) is 3.79. The van der Waals surface area contributed by atoms with Crippen LogP contribution in [0.3, 0.4) is 0 Å². The van der Waals surface area contributed by atoms with E-state index in [9.17, 15) is 8.42 Å². The Bertz CT molecular complexity index is 667. The van der Waals surface area contributed by atoms with Gasteiger partial charge in [0.1, 0.15) is 5.82 Å². The van der Waals surface area contributed by atoms with Gasteiger partial charge in [0.15, 0.2) is 0 Å². The van der Waals surface area contributed by atoms with E-state index in [1.54, 1.807) is 24.6 Å². The molecule has 2 aromatic rings. The van der Waals surface area contributed by atoms with Gasteiger partial charge in [0.25, 0.3) is 0 Å². The second-order valence-corrected chi connectivity index (χ2v) is 6.52. The minimum absolute atomic E-state index is 0.0897. The molecule has 0 amide bonds. The molecule has 0 saturated heterocycles. The Labute approximate surface area is 115 Å². The topological polar surface area (TPSA) is 92.2 Å². The molecule has 0 aliphatic carbocycles. The predicted octanol–water partition coefficient (Wildman–Crippen LogP) is 0.817. The zero-order valence-electron chi connectivity index (χ0n) is 10.2. The summed E-state index contributed by atoms with van der Waals surface area (Å²) in [4.78, 5) is 8.60. The maximum atomic E-state index is 12.1. The fourth-order valence-electron chi connectivity index (χ4n) is 1.53. The smallest absolute Gasteiger partial charge is 0.242 e. The second kappa shape index (κ2) is 5.74. The van der Waals surface area contributed by atoms with Crippen LogP contribution in [0.25, 0.3) is 0 Å². The molecule has 0 atom stereocenters. The Morgan fingerprint density at radius 2 is 2.21 bits per heavy atom. The van der Waals surface area contributed by atoms with Gasteiger partial charge in [0.2, 0.25) is 10.0 Å². The molecule has 8 heteroatoms. The maximum Gasteiger partial charge on any atom is 0.242 e. The van der Waals surface area contributed by atoms with Crippen molar-refractivity contribution in [3.63, 3.8) is 0 Å². The lowest BCUT2D eigenvalue weighted by molar-refractivity contribution is 0.282. The van der Waals surface area contributed by atoms with Crippen molar-refractivity contribution in [2.75, 3.05) is 0 Å². The summed E-state index contributed by atoms with van der Waals surface area (Å²) < 4.78 is 26.6. The lowest BCUT2D eigenvalue weighted by Crippen LogP contribution is -2.24. The van der Waals surface area contributed by atoms with Gasteiger partial charge in [-0.2, -0.15) is 0 Å². The van der Waals surface area contributed by atoms with Gasteiger partial charge < -0.3 is 5.11 Å². The molecule has 2 aromatic heterocycles. The highest BCUT2D eigenvalue weighted by molar-refractivity contribution is 7.89. The van der Waals surface area contributed by atoms with E-state index in [0.29, 0.717) is 16.4 Å². The van der Waals surface area contributed by atoms with Crippen LogP contribution >= 0.6 is 11.3 Å². The fraction of sp³-hybridized carbons (Fsp3) is 0.273.